The summed E-state index contributed by atoms with van der Waals surface area (Å²) >= 11 is 0. The maximum absolute atomic E-state index is 12.8. The van der Waals surface area contributed by atoms with Crippen molar-refractivity contribution >= 4 is 11.8 Å². The smallest absolute Gasteiger partial charge is 0.246 e. The Morgan fingerprint density at radius 1 is 1.25 bits per heavy atom. The van der Waals surface area contributed by atoms with E-state index in [4.69, 9.17) is 0 Å². The summed E-state index contributed by atoms with van der Waals surface area (Å²) in [6.07, 6.45) is 6.81. The molecule has 2 amide bonds. The van der Waals surface area contributed by atoms with Crippen molar-refractivity contribution in [3.8, 4) is 0 Å². The SMILES string of the molecule is CCC(C)C1C(=O)NC(C2CC2)C(=O)N1CC1CCC1. The number of nitrogens with one attached hydrogen (secondary N) is 1. The molecule has 4 nitrogen and oxygen atoms in total. The molecule has 1 heterocycles. The van der Waals surface area contributed by atoms with Crippen LogP contribution in [0.25, 0.3) is 0 Å². The minimum atomic E-state index is -0.247. The lowest BCUT2D eigenvalue weighted by molar-refractivity contribution is -0.153. The van der Waals surface area contributed by atoms with E-state index in [0.29, 0.717) is 11.8 Å². The van der Waals surface area contributed by atoms with E-state index in [-0.39, 0.29) is 29.8 Å². The summed E-state index contributed by atoms with van der Waals surface area (Å²) in [4.78, 5) is 27.2. The van der Waals surface area contributed by atoms with Crippen LogP contribution in [0.1, 0.15) is 52.4 Å². The Kier molecular flexibility index (Phi) is 3.74. The summed E-state index contributed by atoms with van der Waals surface area (Å²) in [5.74, 6) is 1.52. The number of hydrogen-bond donors (Lipinski definition) is 1. The van der Waals surface area contributed by atoms with Gasteiger partial charge in [-0.2, -0.15) is 0 Å². The molecule has 0 radical (unpaired) electrons. The van der Waals surface area contributed by atoms with Gasteiger partial charge in [0.25, 0.3) is 0 Å². The molecule has 3 unspecified atom stereocenters. The molecule has 4 heteroatoms. The third-order valence-electron chi connectivity index (χ3n) is 5.41. The lowest BCUT2D eigenvalue weighted by Gasteiger charge is -2.44. The van der Waals surface area contributed by atoms with E-state index in [9.17, 15) is 9.59 Å². The van der Waals surface area contributed by atoms with Gasteiger partial charge in [-0.3, -0.25) is 9.59 Å². The van der Waals surface area contributed by atoms with Crippen LogP contribution in [0.3, 0.4) is 0 Å². The Bertz CT molecular complexity index is 401. The fraction of sp³-hybridized carbons (Fsp3) is 0.875. The van der Waals surface area contributed by atoms with E-state index < -0.39 is 0 Å². The Hall–Kier alpha value is -1.06. The second kappa shape index (κ2) is 5.38. The van der Waals surface area contributed by atoms with E-state index in [1.807, 2.05) is 4.90 Å². The lowest BCUT2D eigenvalue weighted by atomic mass is 9.83. The highest BCUT2D eigenvalue weighted by Crippen LogP contribution is 2.37. The van der Waals surface area contributed by atoms with Gasteiger partial charge >= 0.3 is 0 Å². The van der Waals surface area contributed by atoms with Gasteiger partial charge in [0.1, 0.15) is 12.1 Å². The van der Waals surface area contributed by atoms with E-state index in [1.54, 1.807) is 0 Å². The zero-order valence-corrected chi connectivity index (χ0v) is 12.6. The van der Waals surface area contributed by atoms with E-state index in [0.717, 1.165) is 25.8 Å². The summed E-state index contributed by atoms with van der Waals surface area (Å²) < 4.78 is 0. The molecule has 0 aromatic rings. The van der Waals surface area contributed by atoms with Crippen molar-refractivity contribution in [3.05, 3.63) is 0 Å². The lowest BCUT2D eigenvalue weighted by Crippen LogP contribution is -2.66. The molecule has 0 spiro atoms. The summed E-state index contributed by atoms with van der Waals surface area (Å²) in [5, 5.41) is 3.00. The van der Waals surface area contributed by atoms with Gasteiger partial charge < -0.3 is 10.2 Å². The van der Waals surface area contributed by atoms with Crippen molar-refractivity contribution in [2.24, 2.45) is 17.8 Å². The number of carbonyl (C=O) groups excluding carboxylic acids is 2. The van der Waals surface area contributed by atoms with Crippen LogP contribution in [-0.2, 0) is 9.59 Å². The molecule has 2 aliphatic carbocycles. The fourth-order valence-electron chi connectivity index (χ4n) is 3.45. The first-order valence-electron chi connectivity index (χ1n) is 8.22. The molecule has 2 saturated carbocycles. The third kappa shape index (κ3) is 2.45. The molecule has 0 bridgehead atoms. The number of amides is 2. The van der Waals surface area contributed by atoms with E-state index in [1.165, 1.54) is 19.3 Å². The molecule has 3 atom stereocenters. The van der Waals surface area contributed by atoms with Gasteiger partial charge in [-0.1, -0.05) is 26.7 Å². The molecule has 20 heavy (non-hydrogen) atoms. The van der Waals surface area contributed by atoms with Crippen molar-refractivity contribution in [1.82, 2.24) is 10.2 Å². The summed E-state index contributed by atoms with van der Waals surface area (Å²) in [7, 11) is 0. The highest BCUT2D eigenvalue weighted by Gasteiger charge is 2.48. The zero-order chi connectivity index (χ0) is 14.3. The van der Waals surface area contributed by atoms with Gasteiger partial charge in [0.05, 0.1) is 0 Å². The standard InChI is InChI=1S/C16H26N2O2/c1-3-10(2)14-15(19)17-13(12-7-8-12)16(20)18(14)9-11-5-4-6-11/h10-14H,3-9H2,1-2H3,(H,17,19). The Morgan fingerprint density at radius 3 is 2.45 bits per heavy atom. The Morgan fingerprint density at radius 2 is 1.95 bits per heavy atom. The van der Waals surface area contributed by atoms with Gasteiger partial charge in [-0.15, -0.1) is 0 Å². The average Bonchev–Trinajstić information content (AvgIpc) is 3.20. The maximum atomic E-state index is 12.8. The molecule has 3 fully saturated rings. The van der Waals surface area contributed by atoms with Crippen molar-refractivity contribution in [3.63, 3.8) is 0 Å². The minimum Gasteiger partial charge on any atom is -0.342 e. The quantitative estimate of drug-likeness (QED) is 0.835. The summed E-state index contributed by atoms with van der Waals surface area (Å²) in [5.41, 5.74) is 0. The molecule has 1 N–H and O–H groups in total. The van der Waals surface area contributed by atoms with Gasteiger partial charge in [0.2, 0.25) is 11.8 Å². The van der Waals surface area contributed by atoms with Crippen LogP contribution < -0.4 is 5.32 Å². The first kappa shape index (κ1) is 13.9. The van der Waals surface area contributed by atoms with Crippen LogP contribution >= 0.6 is 0 Å². The molecule has 1 aliphatic heterocycles. The van der Waals surface area contributed by atoms with Crippen molar-refractivity contribution in [1.29, 1.82) is 0 Å². The molecule has 3 aliphatic rings. The first-order valence-corrected chi connectivity index (χ1v) is 8.22. The van der Waals surface area contributed by atoms with Crippen LogP contribution in [0.4, 0.5) is 0 Å². The predicted molar refractivity (Wildman–Crippen MR) is 77.0 cm³/mol. The van der Waals surface area contributed by atoms with Crippen LogP contribution in [0, 0.1) is 17.8 Å². The maximum Gasteiger partial charge on any atom is 0.246 e. The number of carbonyl (C=O) groups is 2. The zero-order valence-electron chi connectivity index (χ0n) is 12.6. The largest absolute Gasteiger partial charge is 0.342 e. The topological polar surface area (TPSA) is 49.4 Å². The molecule has 1 saturated heterocycles. The Labute approximate surface area is 121 Å². The highest BCUT2D eigenvalue weighted by atomic mass is 16.2. The van der Waals surface area contributed by atoms with Crippen LogP contribution in [0.5, 0.6) is 0 Å². The predicted octanol–water partition coefficient (Wildman–Crippen LogP) is 1.94. The number of rotatable bonds is 5. The number of piperazine rings is 1. The number of hydrogen-bond acceptors (Lipinski definition) is 2. The summed E-state index contributed by atoms with van der Waals surface area (Å²) in [6.45, 7) is 4.98. The molecular weight excluding hydrogens is 252 g/mol. The normalized spacial score (nSPS) is 32.8. The van der Waals surface area contributed by atoms with Gasteiger partial charge in [-0.25, -0.2) is 0 Å². The van der Waals surface area contributed by atoms with Crippen molar-refractivity contribution in [2.45, 2.75) is 64.5 Å². The van der Waals surface area contributed by atoms with E-state index in [2.05, 4.69) is 19.2 Å². The monoisotopic (exact) mass is 278 g/mol. The second-order valence-electron chi connectivity index (χ2n) is 6.94. The third-order valence-corrected chi connectivity index (χ3v) is 5.41. The van der Waals surface area contributed by atoms with Gasteiger partial charge in [-0.05, 0) is 43.4 Å². The van der Waals surface area contributed by atoms with Gasteiger partial charge in [0, 0.05) is 6.54 Å². The average molecular weight is 278 g/mol. The second-order valence-corrected chi connectivity index (χ2v) is 6.94. The van der Waals surface area contributed by atoms with Gasteiger partial charge in [0.15, 0.2) is 0 Å². The Balaban J connectivity index is 1.79. The molecule has 3 rings (SSSR count). The van der Waals surface area contributed by atoms with Crippen LogP contribution in [0.15, 0.2) is 0 Å². The number of nitrogens with zero attached hydrogens (tertiary/aromatic N) is 1. The summed E-state index contributed by atoms with van der Waals surface area (Å²) in [6, 6.07) is -0.481. The molecular formula is C16H26N2O2. The van der Waals surface area contributed by atoms with E-state index >= 15 is 0 Å². The van der Waals surface area contributed by atoms with Crippen LogP contribution in [0.2, 0.25) is 0 Å². The van der Waals surface area contributed by atoms with Crippen molar-refractivity contribution in [2.75, 3.05) is 6.54 Å². The first-order chi connectivity index (χ1) is 9.61. The van der Waals surface area contributed by atoms with Crippen LogP contribution in [-0.4, -0.2) is 35.3 Å². The highest BCUT2D eigenvalue weighted by molar-refractivity contribution is 5.97. The van der Waals surface area contributed by atoms with Crippen molar-refractivity contribution < 1.29 is 9.59 Å². The minimum absolute atomic E-state index is 0.0789. The molecule has 0 aromatic heterocycles. The molecule has 112 valence electrons. The molecule has 0 aromatic carbocycles. The fourth-order valence-corrected chi connectivity index (χ4v) is 3.45.